The summed E-state index contributed by atoms with van der Waals surface area (Å²) in [7, 11) is 3.26. The first-order valence-electron chi connectivity index (χ1n) is 8.53. The first-order chi connectivity index (χ1) is 12.7. The van der Waals surface area contributed by atoms with Crippen LogP contribution in [0.5, 0.6) is 23.0 Å². The normalized spacial score (nSPS) is 10.1. The lowest BCUT2D eigenvalue weighted by Gasteiger charge is -2.14. The Labute approximate surface area is 155 Å². The molecule has 0 amide bonds. The van der Waals surface area contributed by atoms with Crippen LogP contribution >= 0.6 is 0 Å². The van der Waals surface area contributed by atoms with Crippen molar-refractivity contribution < 1.29 is 18.9 Å². The van der Waals surface area contributed by atoms with Crippen LogP contribution in [0.25, 0.3) is 0 Å². The van der Waals surface area contributed by atoms with Crippen molar-refractivity contribution in [2.45, 2.75) is 12.8 Å². The first-order valence-corrected chi connectivity index (χ1v) is 8.53. The summed E-state index contributed by atoms with van der Waals surface area (Å²) in [4.78, 5) is 0. The number of benzene rings is 2. The molecule has 0 unspecified atom stereocenters. The van der Waals surface area contributed by atoms with Crippen LogP contribution in [0.2, 0.25) is 0 Å². The average molecular weight is 354 g/mol. The van der Waals surface area contributed by atoms with Gasteiger partial charge in [0.15, 0.2) is 23.0 Å². The molecule has 0 aliphatic rings. The Bertz CT molecular complexity index is 673. The minimum absolute atomic E-state index is 0.398. The second-order valence-electron chi connectivity index (χ2n) is 5.65. The summed E-state index contributed by atoms with van der Waals surface area (Å²) in [5.74, 6) is 2.79. The Balaban J connectivity index is 1.92. The summed E-state index contributed by atoms with van der Waals surface area (Å²) in [5.41, 5.74) is 2.26. The highest BCUT2D eigenvalue weighted by Crippen LogP contribution is 2.30. The third-order valence-electron chi connectivity index (χ3n) is 3.81. The van der Waals surface area contributed by atoms with Crippen LogP contribution in [-0.2, 0) is 12.8 Å². The third-order valence-corrected chi connectivity index (χ3v) is 3.81. The average Bonchev–Trinajstić information content (AvgIpc) is 2.67. The molecular weight excluding hydrogens is 328 g/mol. The topological polar surface area (TPSA) is 36.9 Å². The lowest BCUT2D eigenvalue weighted by atomic mass is 10.1. The highest BCUT2D eigenvalue weighted by molar-refractivity contribution is 5.44. The van der Waals surface area contributed by atoms with Crippen LogP contribution in [0.1, 0.15) is 11.1 Å². The fourth-order valence-electron chi connectivity index (χ4n) is 2.55. The van der Waals surface area contributed by atoms with Crippen LogP contribution in [0.4, 0.5) is 0 Å². The van der Waals surface area contributed by atoms with Gasteiger partial charge in [0.2, 0.25) is 0 Å². The van der Waals surface area contributed by atoms with E-state index in [1.165, 1.54) is 0 Å². The molecule has 26 heavy (non-hydrogen) atoms. The van der Waals surface area contributed by atoms with Crippen molar-refractivity contribution in [2.75, 3.05) is 27.4 Å². The predicted molar refractivity (Wildman–Crippen MR) is 105 cm³/mol. The Kier molecular flexibility index (Phi) is 7.62. The number of rotatable bonds is 11. The third kappa shape index (κ3) is 5.31. The van der Waals surface area contributed by atoms with E-state index in [2.05, 4.69) is 13.2 Å². The fourth-order valence-corrected chi connectivity index (χ4v) is 2.55. The number of hydrogen-bond donors (Lipinski definition) is 0. The van der Waals surface area contributed by atoms with Crippen LogP contribution in [0, 0.1) is 0 Å². The maximum absolute atomic E-state index is 5.79. The SMILES string of the molecule is C=CCc1ccc(OCCOc2ccc(CC=C)cc2OC)c(OC)c1. The zero-order valence-corrected chi connectivity index (χ0v) is 15.5. The molecule has 2 aromatic rings. The van der Waals surface area contributed by atoms with E-state index in [-0.39, 0.29) is 0 Å². The molecule has 0 saturated carbocycles. The summed E-state index contributed by atoms with van der Waals surface area (Å²) >= 11 is 0. The van der Waals surface area contributed by atoms with Gasteiger partial charge in [-0.2, -0.15) is 0 Å². The molecule has 4 nitrogen and oxygen atoms in total. The van der Waals surface area contributed by atoms with Crippen LogP contribution < -0.4 is 18.9 Å². The largest absolute Gasteiger partial charge is 0.493 e. The summed E-state index contributed by atoms with van der Waals surface area (Å²) < 4.78 is 22.4. The van der Waals surface area contributed by atoms with Crippen LogP contribution in [0.3, 0.4) is 0 Å². The summed E-state index contributed by atoms with van der Waals surface area (Å²) in [6.45, 7) is 8.29. The van der Waals surface area contributed by atoms with Crippen molar-refractivity contribution >= 4 is 0 Å². The smallest absolute Gasteiger partial charge is 0.161 e. The van der Waals surface area contributed by atoms with E-state index in [0.29, 0.717) is 36.2 Å². The van der Waals surface area contributed by atoms with E-state index < -0.39 is 0 Å². The van der Waals surface area contributed by atoms with E-state index in [9.17, 15) is 0 Å². The molecule has 0 aromatic heterocycles. The molecule has 0 spiro atoms. The predicted octanol–water partition coefficient (Wildman–Crippen LogP) is 4.62. The maximum atomic E-state index is 5.79. The molecule has 0 radical (unpaired) electrons. The van der Waals surface area contributed by atoms with Crippen molar-refractivity contribution in [1.82, 2.24) is 0 Å². The Morgan fingerprint density at radius 3 is 1.46 bits per heavy atom. The molecule has 0 fully saturated rings. The van der Waals surface area contributed by atoms with Crippen molar-refractivity contribution in [3.63, 3.8) is 0 Å². The first kappa shape index (κ1) is 19.4. The van der Waals surface area contributed by atoms with E-state index in [1.807, 2.05) is 48.6 Å². The van der Waals surface area contributed by atoms with Gasteiger partial charge in [-0.05, 0) is 48.2 Å². The second-order valence-corrected chi connectivity index (χ2v) is 5.65. The van der Waals surface area contributed by atoms with Gasteiger partial charge in [-0.25, -0.2) is 0 Å². The fraction of sp³-hybridized carbons (Fsp3) is 0.273. The Hall–Kier alpha value is -2.88. The van der Waals surface area contributed by atoms with Gasteiger partial charge in [-0.3, -0.25) is 0 Å². The molecule has 0 N–H and O–H groups in total. The van der Waals surface area contributed by atoms with Gasteiger partial charge in [-0.1, -0.05) is 24.3 Å². The van der Waals surface area contributed by atoms with Crippen molar-refractivity contribution in [1.29, 1.82) is 0 Å². The number of hydrogen-bond acceptors (Lipinski definition) is 4. The second kappa shape index (κ2) is 10.2. The highest BCUT2D eigenvalue weighted by Gasteiger charge is 2.08. The number of ether oxygens (including phenoxy) is 4. The van der Waals surface area contributed by atoms with Gasteiger partial charge < -0.3 is 18.9 Å². The molecule has 0 aliphatic carbocycles. The molecule has 0 aliphatic heterocycles. The Morgan fingerprint density at radius 2 is 1.12 bits per heavy atom. The molecular formula is C22H26O4. The molecule has 0 heterocycles. The van der Waals surface area contributed by atoms with Gasteiger partial charge in [0.1, 0.15) is 13.2 Å². The van der Waals surface area contributed by atoms with E-state index in [0.717, 1.165) is 24.0 Å². The van der Waals surface area contributed by atoms with Crippen molar-refractivity contribution in [3.05, 3.63) is 72.8 Å². The zero-order valence-electron chi connectivity index (χ0n) is 15.5. The van der Waals surface area contributed by atoms with E-state index >= 15 is 0 Å². The molecule has 0 atom stereocenters. The molecule has 138 valence electrons. The lowest BCUT2D eigenvalue weighted by Crippen LogP contribution is -2.10. The highest BCUT2D eigenvalue weighted by atomic mass is 16.5. The molecule has 2 aromatic carbocycles. The summed E-state index contributed by atoms with van der Waals surface area (Å²) in [6.07, 6.45) is 5.30. The summed E-state index contributed by atoms with van der Waals surface area (Å²) in [5, 5.41) is 0. The van der Waals surface area contributed by atoms with Gasteiger partial charge in [0, 0.05) is 0 Å². The minimum Gasteiger partial charge on any atom is -0.493 e. The monoisotopic (exact) mass is 354 g/mol. The Morgan fingerprint density at radius 1 is 0.692 bits per heavy atom. The van der Waals surface area contributed by atoms with E-state index in [1.54, 1.807) is 14.2 Å². The van der Waals surface area contributed by atoms with Gasteiger partial charge in [0.25, 0.3) is 0 Å². The number of allylic oxidation sites excluding steroid dienone is 2. The standard InChI is InChI=1S/C22H26O4/c1-5-7-17-9-11-19(21(15-17)23-3)25-13-14-26-20-12-10-18(8-6-2)16-22(20)24-4/h5-6,9-12,15-16H,1-2,7-8,13-14H2,3-4H3. The van der Waals surface area contributed by atoms with Crippen LogP contribution in [0.15, 0.2) is 61.7 Å². The minimum atomic E-state index is 0.398. The molecule has 0 saturated heterocycles. The van der Waals surface area contributed by atoms with Gasteiger partial charge in [0.05, 0.1) is 14.2 Å². The van der Waals surface area contributed by atoms with Crippen molar-refractivity contribution in [2.24, 2.45) is 0 Å². The summed E-state index contributed by atoms with van der Waals surface area (Å²) in [6, 6.07) is 11.7. The lowest BCUT2D eigenvalue weighted by molar-refractivity contribution is 0.206. The van der Waals surface area contributed by atoms with Gasteiger partial charge >= 0.3 is 0 Å². The van der Waals surface area contributed by atoms with Gasteiger partial charge in [-0.15, -0.1) is 13.2 Å². The number of methoxy groups -OCH3 is 2. The van der Waals surface area contributed by atoms with Crippen LogP contribution in [-0.4, -0.2) is 27.4 Å². The molecule has 4 heteroatoms. The quantitative estimate of drug-likeness (QED) is 0.436. The zero-order chi connectivity index (χ0) is 18.8. The molecule has 0 bridgehead atoms. The van der Waals surface area contributed by atoms with Crippen molar-refractivity contribution in [3.8, 4) is 23.0 Å². The van der Waals surface area contributed by atoms with E-state index in [4.69, 9.17) is 18.9 Å². The maximum Gasteiger partial charge on any atom is 0.161 e. The molecule has 2 rings (SSSR count).